The first-order valence-corrected chi connectivity index (χ1v) is 5.77. The van der Waals surface area contributed by atoms with Crippen LogP contribution in [-0.4, -0.2) is 36.1 Å². The van der Waals surface area contributed by atoms with E-state index in [1.807, 2.05) is 11.8 Å². The van der Waals surface area contributed by atoms with Crippen molar-refractivity contribution < 1.29 is 9.53 Å². The van der Waals surface area contributed by atoms with E-state index in [-0.39, 0.29) is 5.97 Å². The number of methoxy groups -OCH3 is 1. The number of carbonyl (C=O) groups is 1. The van der Waals surface area contributed by atoms with E-state index < -0.39 is 0 Å². The predicted octanol–water partition coefficient (Wildman–Crippen LogP) is 1.83. The van der Waals surface area contributed by atoms with E-state index in [4.69, 9.17) is 11.6 Å². The number of aromatic nitrogens is 2. The third-order valence-electron chi connectivity index (χ3n) is 2.31. The third-order valence-corrected chi connectivity index (χ3v) is 2.51. The SMILES string of the molecule is CCN(CCC(=O)OC)c1cc(Cl)nc(C)n1. The Morgan fingerprint density at radius 1 is 1.53 bits per heavy atom. The largest absolute Gasteiger partial charge is 0.469 e. The topological polar surface area (TPSA) is 55.3 Å². The fraction of sp³-hybridized carbons (Fsp3) is 0.545. The molecule has 5 nitrogen and oxygen atoms in total. The summed E-state index contributed by atoms with van der Waals surface area (Å²) in [6.07, 6.45) is 0.324. The minimum absolute atomic E-state index is 0.236. The highest BCUT2D eigenvalue weighted by atomic mass is 35.5. The molecule has 0 aliphatic carbocycles. The van der Waals surface area contributed by atoms with Crippen LogP contribution >= 0.6 is 11.6 Å². The molecule has 0 atom stereocenters. The summed E-state index contributed by atoms with van der Waals surface area (Å²) >= 11 is 5.87. The van der Waals surface area contributed by atoms with Crippen molar-refractivity contribution in [3.8, 4) is 0 Å². The molecule has 0 aromatic carbocycles. The maximum Gasteiger partial charge on any atom is 0.307 e. The van der Waals surface area contributed by atoms with Gasteiger partial charge in [0.05, 0.1) is 13.5 Å². The number of nitrogens with zero attached hydrogens (tertiary/aromatic N) is 3. The summed E-state index contributed by atoms with van der Waals surface area (Å²) in [5.41, 5.74) is 0. The summed E-state index contributed by atoms with van der Waals surface area (Å²) in [6, 6.07) is 1.69. The van der Waals surface area contributed by atoms with Gasteiger partial charge in [0.15, 0.2) is 0 Å². The molecule has 0 aliphatic rings. The maximum absolute atomic E-state index is 11.1. The fourth-order valence-corrected chi connectivity index (χ4v) is 1.66. The molecular formula is C11H16ClN3O2. The van der Waals surface area contributed by atoms with Crippen molar-refractivity contribution in [2.24, 2.45) is 0 Å². The van der Waals surface area contributed by atoms with Crippen LogP contribution in [0.4, 0.5) is 5.82 Å². The van der Waals surface area contributed by atoms with Gasteiger partial charge in [0, 0.05) is 19.2 Å². The Hall–Kier alpha value is -1.36. The van der Waals surface area contributed by atoms with Crippen LogP contribution in [0.2, 0.25) is 5.15 Å². The highest BCUT2D eigenvalue weighted by Crippen LogP contribution is 2.16. The smallest absolute Gasteiger partial charge is 0.307 e. The molecule has 17 heavy (non-hydrogen) atoms. The van der Waals surface area contributed by atoms with Gasteiger partial charge in [0.2, 0.25) is 0 Å². The minimum Gasteiger partial charge on any atom is -0.469 e. The molecule has 0 aliphatic heterocycles. The van der Waals surface area contributed by atoms with Gasteiger partial charge in [0.25, 0.3) is 0 Å². The second-order valence-corrected chi connectivity index (χ2v) is 3.89. The Morgan fingerprint density at radius 3 is 2.76 bits per heavy atom. The monoisotopic (exact) mass is 257 g/mol. The Labute approximate surface area is 106 Å². The van der Waals surface area contributed by atoms with E-state index in [9.17, 15) is 4.79 Å². The number of anilines is 1. The summed E-state index contributed by atoms with van der Waals surface area (Å²) < 4.78 is 4.60. The van der Waals surface area contributed by atoms with E-state index in [1.165, 1.54) is 7.11 Å². The van der Waals surface area contributed by atoms with Gasteiger partial charge in [-0.3, -0.25) is 4.79 Å². The first kappa shape index (κ1) is 13.7. The van der Waals surface area contributed by atoms with E-state index in [2.05, 4.69) is 14.7 Å². The van der Waals surface area contributed by atoms with E-state index in [0.29, 0.717) is 23.9 Å². The van der Waals surface area contributed by atoms with Crippen molar-refractivity contribution in [1.82, 2.24) is 9.97 Å². The number of carbonyl (C=O) groups excluding carboxylic acids is 1. The molecule has 94 valence electrons. The number of esters is 1. The van der Waals surface area contributed by atoms with Crippen LogP contribution in [0, 0.1) is 6.92 Å². The van der Waals surface area contributed by atoms with Crippen LogP contribution in [0.3, 0.4) is 0 Å². The Bertz CT molecular complexity index is 378. The molecule has 1 rings (SSSR count). The normalized spacial score (nSPS) is 10.1. The lowest BCUT2D eigenvalue weighted by atomic mass is 10.3. The zero-order chi connectivity index (χ0) is 12.8. The number of rotatable bonds is 5. The Balaban J connectivity index is 2.75. The summed E-state index contributed by atoms with van der Waals surface area (Å²) in [7, 11) is 1.38. The van der Waals surface area contributed by atoms with Crippen molar-refractivity contribution in [2.75, 3.05) is 25.1 Å². The molecule has 0 fully saturated rings. The first-order chi connectivity index (χ1) is 8.06. The number of hydrogen-bond donors (Lipinski definition) is 0. The molecule has 0 saturated heterocycles. The second kappa shape index (κ2) is 6.39. The van der Waals surface area contributed by atoms with Crippen LogP contribution in [0.5, 0.6) is 0 Å². The fourth-order valence-electron chi connectivity index (χ4n) is 1.44. The molecule has 0 bridgehead atoms. The van der Waals surface area contributed by atoms with Gasteiger partial charge < -0.3 is 9.64 Å². The third kappa shape index (κ3) is 4.19. The molecule has 0 amide bonds. The quantitative estimate of drug-likeness (QED) is 0.595. The van der Waals surface area contributed by atoms with Gasteiger partial charge in [-0.1, -0.05) is 11.6 Å². The molecule has 0 N–H and O–H groups in total. The average Bonchev–Trinajstić information content (AvgIpc) is 2.28. The zero-order valence-electron chi connectivity index (χ0n) is 10.2. The van der Waals surface area contributed by atoms with Crippen LogP contribution in [-0.2, 0) is 9.53 Å². The van der Waals surface area contributed by atoms with Crippen molar-refractivity contribution in [1.29, 1.82) is 0 Å². The molecule has 6 heteroatoms. The molecule has 1 aromatic heterocycles. The summed E-state index contributed by atoms with van der Waals surface area (Å²) in [6.45, 7) is 5.06. The molecule has 0 saturated carbocycles. The van der Waals surface area contributed by atoms with Crippen molar-refractivity contribution >= 4 is 23.4 Å². The van der Waals surface area contributed by atoms with Gasteiger partial charge in [0.1, 0.15) is 16.8 Å². The van der Waals surface area contributed by atoms with Crippen LogP contribution in [0.15, 0.2) is 6.07 Å². The molecule has 0 radical (unpaired) electrons. The van der Waals surface area contributed by atoms with E-state index >= 15 is 0 Å². The van der Waals surface area contributed by atoms with E-state index in [0.717, 1.165) is 12.4 Å². The first-order valence-electron chi connectivity index (χ1n) is 5.39. The van der Waals surface area contributed by atoms with Crippen molar-refractivity contribution in [3.63, 3.8) is 0 Å². The maximum atomic E-state index is 11.1. The molecule has 1 heterocycles. The zero-order valence-corrected chi connectivity index (χ0v) is 11.0. The predicted molar refractivity (Wildman–Crippen MR) is 66.3 cm³/mol. The van der Waals surface area contributed by atoms with Crippen molar-refractivity contribution in [3.05, 3.63) is 17.0 Å². The lowest BCUT2D eigenvalue weighted by Gasteiger charge is -2.21. The molecule has 0 unspecified atom stereocenters. The standard InChI is InChI=1S/C11H16ClN3O2/c1-4-15(6-5-11(16)17-3)10-7-9(12)13-8(2)14-10/h7H,4-6H2,1-3H3. The Kier molecular flexibility index (Phi) is 5.15. The average molecular weight is 258 g/mol. The highest BCUT2D eigenvalue weighted by molar-refractivity contribution is 6.29. The summed E-state index contributed by atoms with van der Waals surface area (Å²) in [4.78, 5) is 21.3. The van der Waals surface area contributed by atoms with Gasteiger partial charge in [-0.2, -0.15) is 0 Å². The second-order valence-electron chi connectivity index (χ2n) is 3.50. The summed E-state index contributed by atoms with van der Waals surface area (Å²) in [5, 5.41) is 0.406. The summed E-state index contributed by atoms with van der Waals surface area (Å²) in [5.74, 6) is 1.11. The van der Waals surface area contributed by atoms with Gasteiger partial charge in [-0.05, 0) is 13.8 Å². The number of hydrogen-bond acceptors (Lipinski definition) is 5. The van der Waals surface area contributed by atoms with Gasteiger partial charge in [-0.15, -0.1) is 0 Å². The van der Waals surface area contributed by atoms with Crippen molar-refractivity contribution in [2.45, 2.75) is 20.3 Å². The lowest BCUT2D eigenvalue weighted by molar-refractivity contribution is -0.140. The Morgan fingerprint density at radius 2 is 2.24 bits per heavy atom. The molecule has 1 aromatic rings. The van der Waals surface area contributed by atoms with Gasteiger partial charge >= 0.3 is 5.97 Å². The number of halogens is 1. The van der Waals surface area contributed by atoms with Crippen LogP contribution in [0.25, 0.3) is 0 Å². The molecular weight excluding hydrogens is 242 g/mol. The number of ether oxygens (including phenoxy) is 1. The van der Waals surface area contributed by atoms with E-state index in [1.54, 1.807) is 13.0 Å². The van der Waals surface area contributed by atoms with Crippen LogP contribution < -0.4 is 4.90 Å². The van der Waals surface area contributed by atoms with Crippen LogP contribution in [0.1, 0.15) is 19.2 Å². The molecule has 0 spiro atoms. The number of aryl methyl sites for hydroxylation is 1. The highest BCUT2D eigenvalue weighted by Gasteiger charge is 2.10. The lowest BCUT2D eigenvalue weighted by Crippen LogP contribution is -2.27. The van der Waals surface area contributed by atoms with Gasteiger partial charge in [-0.25, -0.2) is 9.97 Å². The minimum atomic E-state index is -0.236.